The molecule has 178 valence electrons. The van der Waals surface area contributed by atoms with Gasteiger partial charge in [0.2, 0.25) is 11.8 Å². The molecule has 0 amide bonds. The molecule has 9 nitrogen and oxygen atoms in total. The van der Waals surface area contributed by atoms with E-state index in [2.05, 4.69) is 39.3 Å². The van der Waals surface area contributed by atoms with E-state index in [1.807, 2.05) is 24.5 Å². The molecular weight excluding hydrogens is 452 g/mol. The lowest BCUT2D eigenvalue weighted by Crippen LogP contribution is -2.36. The van der Waals surface area contributed by atoms with Crippen LogP contribution in [0.3, 0.4) is 0 Å². The Kier molecular flexibility index (Phi) is 5.76. The van der Waals surface area contributed by atoms with E-state index >= 15 is 0 Å². The number of aromatic nitrogens is 3. The van der Waals surface area contributed by atoms with Gasteiger partial charge in [-0.05, 0) is 43.5 Å². The first-order chi connectivity index (χ1) is 16.3. The predicted octanol–water partition coefficient (Wildman–Crippen LogP) is 3.40. The third-order valence-electron chi connectivity index (χ3n) is 6.25. The highest BCUT2D eigenvalue weighted by molar-refractivity contribution is 7.89. The number of nitrogens with zero attached hydrogens (tertiary/aromatic N) is 4. The van der Waals surface area contributed by atoms with Gasteiger partial charge in [0.1, 0.15) is 12.3 Å². The lowest BCUT2D eigenvalue weighted by Gasteiger charge is -2.37. The van der Waals surface area contributed by atoms with Crippen molar-refractivity contribution in [3.05, 3.63) is 59.0 Å². The minimum Gasteiger partial charge on any atom is -0.474 e. The van der Waals surface area contributed by atoms with Crippen LogP contribution in [0.25, 0.3) is 0 Å². The molecule has 0 radical (unpaired) electrons. The van der Waals surface area contributed by atoms with Crippen LogP contribution >= 0.6 is 0 Å². The van der Waals surface area contributed by atoms with E-state index in [1.54, 1.807) is 12.1 Å². The number of hydrogen-bond donors (Lipinski definition) is 2. The van der Waals surface area contributed by atoms with Crippen LogP contribution in [0.4, 0.5) is 23.0 Å². The Morgan fingerprint density at radius 2 is 2.00 bits per heavy atom. The van der Waals surface area contributed by atoms with Crippen molar-refractivity contribution in [3.63, 3.8) is 0 Å². The highest BCUT2D eigenvalue weighted by atomic mass is 32.2. The fourth-order valence-corrected chi connectivity index (χ4v) is 5.36. The van der Waals surface area contributed by atoms with Crippen LogP contribution in [0.5, 0.6) is 5.88 Å². The molecule has 4 heterocycles. The second-order valence-electron chi connectivity index (χ2n) is 8.84. The molecule has 5 rings (SSSR count). The van der Waals surface area contributed by atoms with Gasteiger partial charge in [0.05, 0.1) is 29.4 Å². The van der Waals surface area contributed by atoms with Crippen molar-refractivity contribution in [3.8, 4) is 5.88 Å². The van der Waals surface area contributed by atoms with E-state index in [0.29, 0.717) is 18.4 Å². The van der Waals surface area contributed by atoms with Crippen molar-refractivity contribution in [1.29, 1.82) is 0 Å². The highest BCUT2D eigenvalue weighted by Gasteiger charge is 2.29. The van der Waals surface area contributed by atoms with Gasteiger partial charge in [0.25, 0.3) is 0 Å². The van der Waals surface area contributed by atoms with E-state index in [9.17, 15) is 8.42 Å². The molecule has 0 aliphatic carbocycles. The molecule has 2 aromatic heterocycles. The summed E-state index contributed by atoms with van der Waals surface area (Å²) in [6.45, 7) is 6.50. The van der Waals surface area contributed by atoms with E-state index in [4.69, 9.17) is 9.72 Å². The lowest BCUT2D eigenvalue weighted by atomic mass is 9.98. The SMILES string of the molecule is Cc1c(N2CCc3cnc(Nc4ccc(CS(C)(=O)=O)cc4)nc3C2C)cnc2c1NCCO2. The van der Waals surface area contributed by atoms with E-state index in [1.165, 1.54) is 6.26 Å². The topological polar surface area (TPSA) is 109 Å². The number of sulfone groups is 1. The lowest BCUT2D eigenvalue weighted by molar-refractivity contribution is 0.310. The summed E-state index contributed by atoms with van der Waals surface area (Å²) in [5.41, 5.74) is 6.84. The Hall–Kier alpha value is -3.40. The molecule has 1 aromatic carbocycles. The third kappa shape index (κ3) is 4.50. The summed E-state index contributed by atoms with van der Waals surface area (Å²) in [5, 5.41) is 6.66. The Morgan fingerprint density at radius 3 is 2.76 bits per heavy atom. The summed E-state index contributed by atoms with van der Waals surface area (Å²) in [5.74, 6) is 1.20. The summed E-state index contributed by atoms with van der Waals surface area (Å²) in [7, 11) is -3.07. The smallest absolute Gasteiger partial charge is 0.237 e. The van der Waals surface area contributed by atoms with Crippen LogP contribution in [0.1, 0.15) is 35.3 Å². The van der Waals surface area contributed by atoms with Crippen LogP contribution < -0.4 is 20.3 Å². The minimum atomic E-state index is -3.07. The largest absolute Gasteiger partial charge is 0.474 e. The maximum Gasteiger partial charge on any atom is 0.237 e. The molecule has 3 aromatic rings. The fourth-order valence-electron chi connectivity index (χ4n) is 4.56. The Morgan fingerprint density at radius 1 is 1.21 bits per heavy atom. The van der Waals surface area contributed by atoms with Crippen molar-refractivity contribution in [2.24, 2.45) is 0 Å². The van der Waals surface area contributed by atoms with Gasteiger partial charge in [-0.1, -0.05) is 12.1 Å². The predicted molar refractivity (Wildman–Crippen MR) is 133 cm³/mol. The Bertz CT molecular complexity index is 1330. The van der Waals surface area contributed by atoms with Gasteiger partial charge in [-0.25, -0.2) is 23.4 Å². The van der Waals surface area contributed by atoms with Crippen molar-refractivity contribution in [2.45, 2.75) is 32.1 Å². The number of anilines is 4. The molecule has 0 spiro atoms. The number of ether oxygens (including phenoxy) is 1. The first-order valence-electron chi connectivity index (χ1n) is 11.3. The molecule has 1 atom stereocenters. The zero-order valence-corrected chi connectivity index (χ0v) is 20.3. The standard InChI is InChI=1S/C24H28N6O3S/c1-15-20(13-26-23-21(15)25-9-11-33-23)30-10-8-18-12-27-24(29-22(18)16(30)2)28-19-6-4-17(5-7-19)14-34(3,31)32/h4-7,12-13,16,25H,8-11,14H2,1-3H3,(H,27,28,29). The summed E-state index contributed by atoms with van der Waals surface area (Å²) in [6.07, 6.45) is 5.86. The second kappa shape index (κ2) is 8.75. The molecule has 10 heteroatoms. The zero-order chi connectivity index (χ0) is 23.9. The van der Waals surface area contributed by atoms with Crippen molar-refractivity contribution < 1.29 is 13.2 Å². The molecule has 2 aliphatic heterocycles. The summed E-state index contributed by atoms with van der Waals surface area (Å²) in [6, 6.07) is 7.34. The number of fused-ring (bicyclic) bond motifs is 2. The molecule has 1 unspecified atom stereocenters. The molecule has 0 saturated carbocycles. The van der Waals surface area contributed by atoms with Gasteiger partial charge >= 0.3 is 0 Å². The average molecular weight is 481 g/mol. The molecule has 0 bridgehead atoms. The molecule has 2 aliphatic rings. The monoisotopic (exact) mass is 480 g/mol. The maximum absolute atomic E-state index is 11.5. The number of benzene rings is 1. The third-order valence-corrected chi connectivity index (χ3v) is 7.11. The molecule has 2 N–H and O–H groups in total. The van der Waals surface area contributed by atoms with Crippen molar-refractivity contribution in [2.75, 3.05) is 41.5 Å². The van der Waals surface area contributed by atoms with Gasteiger partial charge in [0, 0.05) is 36.8 Å². The van der Waals surface area contributed by atoms with Crippen molar-refractivity contribution in [1.82, 2.24) is 15.0 Å². The summed E-state index contributed by atoms with van der Waals surface area (Å²) in [4.78, 5) is 16.2. The summed E-state index contributed by atoms with van der Waals surface area (Å²) >= 11 is 0. The Balaban J connectivity index is 1.37. The van der Waals surface area contributed by atoms with Crippen LogP contribution in [0.2, 0.25) is 0 Å². The van der Waals surface area contributed by atoms with Gasteiger partial charge in [-0.3, -0.25) is 0 Å². The first kappa shape index (κ1) is 22.4. The average Bonchev–Trinajstić information content (AvgIpc) is 2.81. The van der Waals surface area contributed by atoms with Crippen LogP contribution in [-0.2, 0) is 22.0 Å². The molecule has 0 fully saturated rings. The number of pyridine rings is 1. The Labute approximate surface area is 199 Å². The molecule has 0 saturated heterocycles. The maximum atomic E-state index is 11.5. The number of hydrogen-bond acceptors (Lipinski definition) is 9. The van der Waals surface area contributed by atoms with E-state index in [-0.39, 0.29) is 11.8 Å². The van der Waals surface area contributed by atoms with Gasteiger partial charge < -0.3 is 20.3 Å². The van der Waals surface area contributed by atoms with Crippen LogP contribution in [0.15, 0.2) is 36.7 Å². The molecule has 34 heavy (non-hydrogen) atoms. The normalized spacial score (nSPS) is 17.3. The zero-order valence-electron chi connectivity index (χ0n) is 19.5. The number of rotatable bonds is 5. The quantitative estimate of drug-likeness (QED) is 0.568. The van der Waals surface area contributed by atoms with Crippen molar-refractivity contribution >= 4 is 32.8 Å². The number of nitrogens with one attached hydrogen (secondary N) is 2. The van der Waals surface area contributed by atoms with E-state index in [0.717, 1.165) is 59.0 Å². The van der Waals surface area contributed by atoms with Gasteiger partial charge in [-0.2, -0.15) is 0 Å². The fraction of sp³-hybridized carbons (Fsp3) is 0.375. The minimum absolute atomic E-state index is 0.0224. The molecular formula is C24H28N6O3S. The highest BCUT2D eigenvalue weighted by Crippen LogP contribution is 2.39. The van der Waals surface area contributed by atoms with E-state index < -0.39 is 9.84 Å². The van der Waals surface area contributed by atoms with Crippen LogP contribution in [0, 0.1) is 6.92 Å². The first-order valence-corrected chi connectivity index (χ1v) is 13.4. The van der Waals surface area contributed by atoms with Gasteiger partial charge in [-0.15, -0.1) is 0 Å². The second-order valence-corrected chi connectivity index (χ2v) is 11.0. The van der Waals surface area contributed by atoms with Crippen LogP contribution in [-0.4, -0.2) is 49.3 Å². The van der Waals surface area contributed by atoms with Gasteiger partial charge in [0.15, 0.2) is 9.84 Å². The summed E-state index contributed by atoms with van der Waals surface area (Å²) < 4.78 is 28.7.